The Labute approximate surface area is 143 Å². The third-order valence-corrected chi connectivity index (χ3v) is 5.53. The first-order valence-electron chi connectivity index (χ1n) is 8.00. The number of aliphatic carboxylic acids is 1. The lowest BCUT2D eigenvalue weighted by Gasteiger charge is -2.31. The quantitative estimate of drug-likeness (QED) is 0.789. The molecule has 1 atom stereocenters. The summed E-state index contributed by atoms with van der Waals surface area (Å²) in [5, 5.41) is 10.3. The third kappa shape index (κ3) is 2.73. The molecule has 1 N–H and O–H groups in total. The van der Waals surface area contributed by atoms with Crippen molar-refractivity contribution in [2.75, 3.05) is 18.0 Å². The summed E-state index contributed by atoms with van der Waals surface area (Å²) in [7, 11) is 0. The van der Waals surface area contributed by atoms with E-state index in [4.69, 9.17) is 0 Å². The van der Waals surface area contributed by atoms with E-state index in [1.807, 2.05) is 18.2 Å². The Morgan fingerprint density at radius 1 is 1.25 bits per heavy atom. The summed E-state index contributed by atoms with van der Waals surface area (Å²) < 4.78 is 0. The molecule has 0 amide bonds. The van der Waals surface area contributed by atoms with Crippen LogP contribution in [-0.4, -0.2) is 34.1 Å². The van der Waals surface area contributed by atoms with Gasteiger partial charge in [-0.05, 0) is 24.5 Å². The second-order valence-electron chi connectivity index (χ2n) is 6.02. The van der Waals surface area contributed by atoms with Crippen molar-refractivity contribution >= 4 is 33.3 Å². The molecule has 0 aliphatic carbocycles. The fourth-order valence-corrected chi connectivity index (χ4v) is 4.21. The molecule has 122 valence electrons. The van der Waals surface area contributed by atoms with E-state index >= 15 is 0 Å². The maximum Gasteiger partial charge on any atom is 0.308 e. The van der Waals surface area contributed by atoms with Gasteiger partial charge < -0.3 is 10.0 Å². The zero-order valence-electron chi connectivity index (χ0n) is 13.1. The Hall–Kier alpha value is -2.47. The Morgan fingerprint density at radius 2 is 2.08 bits per heavy atom. The summed E-state index contributed by atoms with van der Waals surface area (Å²) in [5.74, 6) is -0.194. The molecule has 6 heteroatoms. The summed E-state index contributed by atoms with van der Waals surface area (Å²) in [6.07, 6.45) is 3.18. The van der Waals surface area contributed by atoms with Crippen LogP contribution in [0.2, 0.25) is 0 Å². The average molecular weight is 339 g/mol. The molecule has 3 aromatic rings. The van der Waals surface area contributed by atoms with E-state index in [1.165, 1.54) is 0 Å². The lowest BCUT2D eigenvalue weighted by atomic mass is 9.98. The SMILES string of the molecule is O=C(O)[C@@H]1CCCN(c2ncnc3sc(-c4ccccc4)cc23)C1. The monoisotopic (exact) mass is 339 g/mol. The van der Waals surface area contributed by atoms with E-state index in [0.717, 1.165) is 45.9 Å². The van der Waals surface area contributed by atoms with Crippen molar-refractivity contribution in [3.8, 4) is 10.4 Å². The minimum atomic E-state index is -0.722. The van der Waals surface area contributed by atoms with Crippen LogP contribution in [0.3, 0.4) is 0 Å². The van der Waals surface area contributed by atoms with Crippen LogP contribution in [0.25, 0.3) is 20.7 Å². The predicted octanol–water partition coefficient (Wildman–Crippen LogP) is 3.66. The molecule has 0 saturated carbocycles. The molecule has 0 spiro atoms. The van der Waals surface area contributed by atoms with Gasteiger partial charge in [-0.15, -0.1) is 11.3 Å². The number of anilines is 1. The molecule has 24 heavy (non-hydrogen) atoms. The molecular formula is C18H17N3O2S. The summed E-state index contributed by atoms with van der Waals surface area (Å²) in [6.45, 7) is 1.35. The van der Waals surface area contributed by atoms with Gasteiger partial charge in [0.1, 0.15) is 17.0 Å². The van der Waals surface area contributed by atoms with Gasteiger partial charge in [-0.2, -0.15) is 0 Å². The fourth-order valence-electron chi connectivity index (χ4n) is 3.21. The Balaban J connectivity index is 1.74. The van der Waals surface area contributed by atoms with Crippen LogP contribution in [0.4, 0.5) is 5.82 Å². The van der Waals surface area contributed by atoms with Crippen LogP contribution < -0.4 is 4.90 Å². The Kier molecular flexibility index (Phi) is 3.90. The summed E-state index contributed by atoms with van der Waals surface area (Å²) in [5.41, 5.74) is 1.16. The molecule has 3 heterocycles. The first kappa shape index (κ1) is 15.1. The highest BCUT2D eigenvalue weighted by Gasteiger charge is 2.27. The van der Waals surface area contributed by atoms with E-state index in [1.54, 1.807) is 17.7 Å². The average Bonchev–Trinajstić information content (AvgIpc) is 3.07. The number of hydrogen-bond donors (Lipinski definition) is 1. The highest BCUT2D eigenvalue weighted by Crippen LogP contribution is 2.36. The second kappa shape index (κ2) is 6.20. The number of thiophene rings is 1. The minimum Gasteiger partial charge on any atom is -0.481 e. The molecule has 2 aromatic heterocycles. The summed E-state index contributed by atoms with van der Waals surface area (Å²) in [4.78, 5) is 24.4. The molecule has 1 saturated heterocycles. The lowest BCUT2D eigenvalue weighted by molar-refractivity contribution is -0.141. The van der Waals surface area contributed by atoms with Gasteiger partial charge in [0.15, 0.2) is 0 Å². The van der Waals surface area contributed by atoms with Crippen molar-refractivity contribution < 1.29 is 9.90 Å². The number of carboxylic acid groups (broad SMARTS) is 1. The number of hydrogen-bond acceptors (Lipinski definition) is 5. The number of piperidine rings is 1. The topological polar surface area (TPSA) is 66.3 Å². The van der Waals surface area contributed by atoms with Crippen LogP contribution in [0.5, 0.6) is 0 Å². The van der Waals surface area contributed by atoms with Crippen LogP contribution in [0.1, 0.15) is 12.8 Å². The normalized spacial score (nSPS) is 18.0. The summed E-state index contributed by atoms with van der Waals surface area (Å²) in [6, 6.07) is 12.3. The van der Waals surface area contributed by atoms with Crippen molar-refractivity contribution in [3.05, 3.63) is 42.7 Å². The number of aromatic nitrogens is 2. The molecule has 1 aliphatic heterocycles. The van der Waals surface area contributed by atoms with Gasteiger partial charge in [0.05, 0.1) is 11.3 Å². The van der Waals surface area contributed by atoms with Crippen molar-refractivity contribution in [1.29, 1.82) is 0 Å². The maximum atomic E-state index is 11.3. The minimum absolute atomic E-state index is 0.323. The number of fused-ring (bicyclic) bond motifs is 1. The van der Waals surface area contributed by atoms with E-state index < -0.39 is 5.97 Å². The molecule has 1 fully saturated rings. The zero-order chi connectivity index (χ0) is 16.5. The predicted molar refractivity (Wildman–Crippen MR) is 95.4 cm³/mol. The number of carbonyl (C=O) groups is 1. The Morgan fingerprint density at radius 3 is 2.88 bits per heavy atom. The highest BCUT2D eigenvalue weighted by atomic mass is 32.1. The molecular weight excluding hydrogens is 322 g/mol. The van der Waals surface area contributed by atoms with Gasteiger partial charge in [-0.3, -0.25) is 4.79 Å². The van der Waals surface area contributed by atoms with Gasteiger partial charge in [-0.25, -0.2) is 9.97 Å². The van der Waals surface area contributed by atoms with Gasteiger partial charge in [0.2, 0.25) is 0 Å². The number of rotatable bonds is 3. The van der Waals surface area contributed by atoms with Crippen molar-refractivity contribution in [1.82, 2.24) is 9.97 Å². The molecule has 0 bridgehead atoms. The van der Waals surface area contributed by atoms with E-state index in [-0.39, 0.29) is 5.92 Å². The first-order valence-corrected chi connectivity index (χ1v) is 8.82. The largest absolute Gasteiger partial charge is 0.481 e. The van der Waals surface area contributed by atoms with Crippen LogP contribution in [-0.2, 0) is 4.79 Å². The molecule has 4 rings (SSSR count). The standard InChI is InChI=1S/C18H17N3O2S/c22-18(23)13-7-4-8-21(10-13)16-14-9-15(12-5-2-1-3-6-12)24-17(14)20-11-19-16/h1-3,5-6,9,11,13H,4,7-8,10H2,(H,22,23)/t13-/m1/s1. The van der Waals surface area contributed by atoms with Gasteiger partial charge >= 0.3 is 5.97 Å². The third-order valence-electron chi connectivity index (χ3n) is 4.44. The van der Waals surface area contributed by atoms with E-state index in [9.17, 15) is 9.90 Å². The second-order valence-corrected chi connectivity index (χ2v) is 7.05. The zero-order valence-corrected chi connectivity index (χ0v) is 13.9. The van der Waals surface area contributed by atoms with Gasteiger partial charge in [-0.1, -0.05) is 30.3 Å². The number of carboxylic acids is 1. The Bertz CT molecular complexity index is 878. The van der Waals surface area contributed by atoms with Crippen LogP contribution in [0, 0.1) is 5.92 Å². The number of nitrogens with zero attached hydrogens (tertiary/aromatic N) is 3. The van der Waals surface area contributed by atoms with Crippen molar-refractivity contribution in [3.63, 3.8) is 0 Å². The van der Waals surface area contributed by atoms with Gasteiger partial charge in [0.25, 0.3) is 0 Å². The lowest BCUT2D eigenvalue weighted by Crippen LogP contribution is -2.39. The van der Waals surface area contributed by atoms with Crippen LogP contribution in [0.15, 0.2) is 42.7 Å². The smallest absolute Gasteiger partial charge is 0.308 e. The van der Waals surface area contributed by atoms with Gasteiger partial charge in [0, 0.05) is 18.0 Å². The van der Waals surface area contributed by atoms with Crippen molar-refractivity contribution in [2.24, 2.45) is 5.92 Å². The van der Waals surface area contributed by atoms with E-state index in [2.05, 4.69) is 33.1 Å². The number of benzene rings is 1. The molecule has 1 aliphatic rings. The van der Waals surface area contributed by atoms with Crippen LogP contribution >= 0.6 is 11.3 Å². The molecule has 5 nitrogen and oxygen atoms in total. The first-order chi connectivity index (χ1) is 11.7. The maximum absolute atomic E-state index is 11.3. The molecule has 1 aromatic carbocycles. The summed E-state index contributed by atoms with van der Waals surface area (Å²) >= 11 is 1.64. The van der Waals surface area contributed by atoms with Crippen molar-refractivity contribution in [2.45, 2.75) is 12.8 Å². The highest BCUT2D eigenvalue weighted by molar-refractivity contribution is 7.21. The fraction of sp³-hybridized carbons (Fsp3) is 0.278. The molecule has 0 radical (unpaired) electrons. The van der Waals surface area contributed by atoms with E-state index in [0.29, 0.717) is 6.54 Å². The molecule has 0 unspecified atom stereocenters.